The van der Waals surface area contributed by atoms with Crippen LogP contribution in [0.1, 0.15) is 35.6 Å². The molecule has 0 spiro atoms. The molecule has 0 fully saturated rings. The minimum absolute atomic E-state index is 0.315. The second-order valence-electron chi connectivity index (χ2n) is 4.37. The Morgan fingerprint density at radius 2 is 2.28 bits per heavy atom. The molecule has 1 aliphatic rings. The van der Waals surface area contributed by atoms with Gasteiger partial charge in [-0.05, 0) is 25.2 Å². The number of aromatic amines is 1. The van der Waals surface area contributed by atoms with E-state index in [-0.39, 0.29) is 0 Å². The van der Waals surface area contributed by atoms with Gasteiger partial charge in [0.2, 0.25) is 5.75 Å². The maximum absolute atomic E-state index is 11.4. The second-order valence-corrected chi connectivity index (χ2v) is 4.37. The highest BCUT2D eigenvalue weighted by atomic mass is 16.4. The monoisotopic (exact) mass is 250 g/mol. The topological polar surface area (TPSA) is 103 Å². The van der Waals surface area contributed by atoms with Crippen molar-refractivity contribution in [3.8, 4) is 5.75 Å². The van der Waals surface area contributed by atoms with Crippen LogP contribution in [0.3, 0.4) is 0 Å². The summed E-state index contributed by atoms with van der Waals surface area (Å²) in [7, 11) is 0. The molecule has 1 aromatic heterocycles. The van der Waals surface area contributed by atoms with E-state index in [1.165, 1.54) is 0 Å². The lowest BCUT2D eigenvalue weighted by Gasteiger charge is -2.16. The largest absolute Gasteiger partial charge is 0.501 e. The number of carbonyl (C=O) groups is 1. The number of hydrogen-bond acceptors (Lipinski definition) is 4. The lowest BCUT2D eigenvalue weighted by Crippen LogP contribution is -2.19. The summed E-state index contributed by atoms with van der Waals surface area (Å²) in [5.74, 6) is -1.57. The predicted molar refractivity (Wildman–Crippen MR) is 63.7 cm³/mol. The van der Waals surface area contributed by atoms with Crippen LogP contribution in [0.15, 0.2) is 16.9 Å². The average Bonchev–Trinajstić information content (AvgIpc) is 2.34. The highest BCUT2D eigenvalue weighted by Gasteiger charge is 2.19. The van der Waals surface area contributed by atoms with Crippen molar-refractivity contribution >= 4 is 5.97 Å². The molecule has 6 heteroatoms. The maximum atomic E-state index is 11.4. The quantitative estimate of drug-likeness (QED) is 0.696. The molecule has 0 aliphatic heterocycles. The number of H-pyrrole nitrogens is 1. The third-order valence-electron chi connectivity index (χ3n) is 3.01. The Balaban J connectivity index is 2.26. The Morgan fingerprint density at radius 3 is 2.89 bits per heavy atom. The summed E-state index contributed by atoms with van der Waals surface area (Å²) in [5, 5.41) is 18.1. The van der Waals surface area contributed by atoms with Gasteiger partial charge in [0.25, 0.3) is 5.56 Å². The van der Waals surface area contributed by atoms with E-state index in [1.54, 1.807) is 0 Å². The van der Waals surface area contributed by atoms with Crippen LogP contribution in [-0.4, -0.2) is 26.2 Å². The minimum Gasteiger partial charge on any atom is -0.501 e. The normalized spacial score (nSPS) is 18.8. The van der Waals surface area contributed by atoms with Gasteiger partial charge in [-0.25, -0.2) is 9.78 Å². The number of nitrogens with one attached hydrogen (secondary N) is 1. The molecule has 1 atom stereocenters. The molecular formula is C12H14N2O4. The minimum atomic E-state index is -1.40. The van der Waals surface area contributed by atoms with Gasteiger partial charge in [0.1, 0.15) is 5.82 Å². The maximum Gasteiger partial charge on any atom is 0.358 e. The van der Waals surface area contributed by atoms with Gasteiger partial charge < -0.3 is 15.2 Å². The van der Waals surface area contributed by atoms with Crippen LogP contribution in [0.2, 0.25) is 0 Å². The van der Waals surface area contributed by atoms with Gasteiger partial charge in [0, 0.05) is 6.42 Å². The fraction of sp³-hybridized carbons (Fsp3) is 0.417. The predicted octanol–water partition coefficient (Wildman–Crippen LogP) is 1.07. The molecule has 1 aliphatic carbocycles. The van der Waals surface area contributed by atoms with Gasteiger partial charge >= 0.3 is 5.97 Å². The summed E-state index contributed by atoms with van der Waals surface area (Å²) in [4.78, 5) is 28.4. The number of carboxylic acids is 1. The SMILES string of the molecule is O=C(O)c1nc(CC2CC=CCC2)[nH]c(=O)c1O. The molecule has 0 saturated carbocycles. The van der Waals surface area contributed by atoms with Gasteiger partial charge in [0.15, 0.2) is 5.69 Å². The summed E-state index contributed by atoms with van der Waals surface area (Å²) in [6.07, 6.45) is 7.56. The molecule has 0 bridgehead atoms. The fourth-order valence-corrected chi connectivity index (χ4v) is 2.07. The standard InChI is InChI=1S/C12H14N2O4/c15-10-9(12(17)18)13-8(14-11(10)16)6-7-4-2-1-3-5-7/h1-2,7,15H,3-6H2,(H,17,18)(H,13,14,16). The van der Waals surface area contributed by atoms with Gasteiger partial charge in [-0.1, -0.05) is 12.2 Å². The molecule has 1 unspecified atom stereocenters. The van der Waals surface area contributed by atoms with Crippen LogP contribution >= 0.6 is 0 Å². The molecule has 0 radical (unpaired) electrons. The second kappa shape index (κ2) is 5.03. The molecule has 0 amide bonds. The summed E-state index contributed by atoms with van der Waals surface area (Å²) in [5.41, 5.74) is -1.39. The first-order chi connectivity index (χ1) is 8.58. The number of rotatable bonds is 3. The van der Waals surface area contributed by atoms with Crippen LogP contribution in [0.4, 0.5) is 0 Å². The summed E-state index contributed by atoms with van der Waals surface area (Å²) in [6.45, 7) is 0. The van der Waals surface area contributed by atoms with Crippen LogP contribution in [-0.2, 0) is 6.42 Å². The summed E-state index contributed by atoms with van der Waals surface area (Å²) < 4.78 is 0. The Kier molecular flexibility index (Phi) is 3.45. The van der Waals surface area contributed by atoms with E-state index in [1.807, 2.05) is 0 Å². The number of allylic oxidation sites excluding steroid dienone is 2. The van der Waals surface area contributed by atoms with Gasteiger partial charge in [-0.2, -0.15) is 0 Å². The highest BCUT2D eigenvalue weighted by Crippen LogP contribution is 2.21. The smallest absolute Gasteiger partial charge is 0.358 e. The third kappa shape index (κ3) is 2.58. The van der Waals surface area contributed by atoms with Crippen molar-refractivity contribution in [2.24, 2.45) is 5.92 Å². The van der Waals surface area contributed by atoms with Gasteiger partial charge in [-0.15, -0.1) is 0 Å². The molecule has 96 valence electrons. The van der Waals surface area contributed by atoms with Crippen molar-refractivity contribution < 1.29 is 15.0 Å². The molecular weight excluding hydrogens is 236 g/mol. The summed E-state index contributed by atoms with van der Waals surface area (Å²) >= 11 is 0. The van der Waals surface area contributed by atoms with Crippen LogP contribution in [0.5, 0.6) is 5.75 Å². The lowest BCUT2D eigenvalue weighted by molar-refractivity contribution is 0.0685. The van der Waals surface area contributed by atoms with Crippen molar-refractivity contribution in [1.82, 2.24) is 9.97 Å². The Hall–Kier alpha value is -2.11. The summed E-state index contributed by atoms with van der Waals surface area (Å²) in [6, 6.07) is 0. The van der Waals surface area contributed by atoms with E-state index < -0.39 is 23.0 Å². The van der Waals surface area contributed by atoms with Crippen molar-refractivity contribution in [2.45, 2.75) is 25.7 Å². The Bertz CT molecular complexity index is 547. The van der Waals surface area contributed by atoms with Crippen molar-refractivity contribution in [1.29, 1.82) is 0 Å². The molecule has 0 aromatic carbocycles. The number of carboxylic acid groups (broad SMARTS) is 1. The van der Waals surface area contributed by atoms with E-state index in [0.29, 0.717) is 18.2 Å². The average molecular weight is 250 g/mol. The first kappa shape index (κ1) is 12.3. The molecule has 6 nitrogen and oxygen atoms in total. The van der Waals surface area contributed by atoms with Crippen LogP contribution < -0.4 is 5.56 Å². The number of nitrogens with zero attached hydrogens (tertiary/aromatic N) is 1. The zero-order valence-corrected chi connectivity index (χ0v) is 9.72. The van der Waals surface area contributed by atoms with Crippen molar-refractivity contribution in [3.63, 3.8) is 0 Å². The van der Waals surface area contributed by atoms with E-state index in [4.69, 9.17) is 5.11 Å². The fourth-order valence-electron chi connectivity index (χ4n) is 2.07. The van der Waals surface area contributed by atoms with E-state index in [0.717, 1.165) is 19.3 Å². The third-order valence-corrected chi connectivity index (χ3v) is 3.01. The van der Waals surface area contributed by atoms with Crippen molar-refractivity contribution in [3.05, 3.63) is 34.0 Å². The number of hydrogen-bond donors (Lipinski definition) is 3. The molecule has 1 heterocycles. The Morgan fingerprint density at radius 1 is 1.50 bits per heavy atom. The van der Waals surface area contributed by atoms with Gasteiger partial charge in [-0.3, -0.25) is 4.79 Å². The van der Waals surface area contributed by atoms with E-state index in [2.05, 4.69) is 22.1 Å². The first-order valence-corrected chi connectivity index (χ1v) is 5.78. The molecule has 0 saturated heterocycles. The molecule has 18 heavy (non-hydrogen) atoms. The number of aromatic hydroxyl groups is 1. The lowest BCUT2D eigenvalue weighted by atomic mass is 9.91. The van der Waals surface area contributed by atoms with Crippen molar-refractivity contribution in [2.75, 3.05) is 0 Å². The van der Waals surface area contributed by atoms with E-state index in [9.17, 15) is 14.7 Å². The zero-order chi connectivity index (χ0) is 13.1. The molecule has 2 rings (SSSR count). The Labute approximate surface area is 103 Å². The van der Waals surface area contributed by atoms with Crippen LogP contribution in [0, 0.1) is 5.92 Å². The highest BCUT2D eigenvalue weighted by molar-refractivity contribution is 5.88. The van der Waals surface area contributed by atoms with Crippen LogP contribution in [0.25, 0.3) is 0 Å². The number of aromatic carboxylic acids is 1. The molecule has 3 N–H and O–H groups in total. The number of aromatic nitrogens is 2. The van der Waals surface area contributed by atoms with E-state index >= 15 is 0 Å². The zero-order valence-electron chi connectivity index (χ0n) is 9.72. The first-order valence-electron chi connectivity index (χ1n) is 5.78. The van der Waals surface area contributed by atoms with Gasteiger partial charge in [0.05, 0.1) is 0 Å². The molecule has 1 aromatic rings.